The summed E-state index contributed by atoms with van der Waals surface area (Å²) in [6.45, 7) is 6.20. The Morgan fingerprint density at radius 2 is 0.565 bits per heavy atom. The zero-order valence-electron chi connectivity index (χ0n) is 43.2. The third kappa shape index (κ3) is 53.3. The summed E-state index contributed by atoms with van der Waals surface area (Å²) in [7, 11) is 0. The van der Waals surface area contributed by atoms with E-state index in [1.54, 1.807) is 0 Å². The van der Waals surface area contributed by atoms with E-state index in [1.165, 1.54) is 12.8 Å². The van der Waals surface area contributed by atoms with Crippen LogP contribution in [0.5, 0.6) is 0 Å². The maximum absolute atomic E-state index is 12.8. The monoisotopic (exact) mass is 945 g/mol. The van der Waals surface area contributed by atoms with Crippen LogP contribution in [0, 0.1) is 0 Å². The summed E-state index contributed by atoms with van der Waals surface area (Å²) in [5.41, 5.74) is 0. The molecule has 0 aliphatic rings. The van der Waals surface area contributed by atoms with Crippen LogP contribution in [0.25, 0.3) is 0 Å². The molecule has 0 aromatic rings. The molecule has 1 atom stereocenters. The molecule has 0 radical (unpaired) electrons. The van der Waals surface area contributed by atoms with Gasteiger partial charge in [-0.3, -0.25) is 14.4 Å². The summed E-state index contributed by atoms with van der Waals surface area (Å²) in [5, 5.41) is 0. The average molecular weight is 945 g/mol. The molecule has 0 aromatic heterocycles. The second kappa shape index (κ2) is 55.1. The minimum absolute atomic E-state index is 0.127. The highest BCUT2D eigenvalue weighted by Gasteiger charge is 2.19. The van der Waals surface area contributed by atoms with Gasteiger partial charge in [-0.1, -0.05) is 261 Å². The number of hydrogen-bond acceptors (Lipinski definition) is 6. The molecule has 0 heterocycles. The van der Waals surface area contributed by atoms with Gasteiger partial charge in [0.1, 0.15) is 13.2 Å². The molecule has 0 aliphatic carbocycles. The second-order valence-corrected chi connectivity index (χ2v) is 16.7. The minimum atomic E-state index is -0.832. The highest BCUT2D eigenvalue weighted by Crippen LogP contribution is 2.12. The smallest absolute Gasteiger partial charge is 0.306 e. The Morgan fingerprint density at radius 3 is 0.899 bits per heavy atom. The van der Waals surface area contributed by atoms with Crippen LogP contribution in [0.4, 0.5) is 0 Å². The fourth-order valence-electron chi connectivity index (χ4n) is 6.29. The van der Waals surface area contributed by atoms with E-state index in [0.717, 1.165) is 116 Å². The third-order valence-electron chi connectivity index (χ3n) is 10.2. The van der Waals surface area contributed by atoms with Gasteiger partial charge in [-0.15, -0.1) is 0 Å². The first-order valence-corrected chi connectivity index (χ1v) is 26.5. The highest BCUT2D eigenvalue weighted by molar-refractivity contribution is 5.71. The fraction of sp³-hybridized carbons (Fsp3) is 0.476. The molecule has 0 rings (SSSR count). The molecule has 380 valence electrons. The van der Waals surface area contributed by atoms with Crippen molar-refractivity contribution in [1.29, 1.82) is 0 Å². The Kier molecular flexibility index (Phi) is 50.7. The molecule has 1 unspecified atom stereocenters. The Bertz CT molecular complexity index is 1700. The molecule has 0 fully saturated rings. The molecule has 0 bridgehead atoms. The maximum Gasteiger partial charge on any atom is 0.306 e. The molecule has 6 heteroatoms. The lowest BCUT2D eigenvalue weighted by molar-refractivity contribution is -0.167. The first-order valence-electron chi connectivity index (χ1n) is 26.5. The molecule has 0 saturated carbocycles. The summed E-state index contributed by atoms with van der Waals surface area (Å²) < 4.78 is 16.7. The molecule has 0 amide bonds. The zero-order valence-corrected chi connectivity index (χ0v) is 43.2. The largest absolute Gasteiger partial charge is 0.462 e. The Hall–Kier alpha value is -5.49. The van der Waals surface area contributed by atoms with E-state index in [9.17, 15) is 14.4 Å². The molecule has 0 N–H and O–H groups in total. The molecule has 6 nitrogen and oxygen atoms in total. The van der Waals surface area contributed by atoms with Crippen molar-refractivity contribution < 1.29 is 28.6 Å². The molecular formula is C63H92O6. The van der Waals surface area contributed by atoms with Crippen LogP contribution in [0.15, 0.2) is 182 Å². The number of hydrogen-bond donors (Lipinski definition) is 0. The summed E-state index contributed by atoms with van der Waals surface area (Å²) >= 11 is 0. The lowest BCUT2D eigenvalue weighted by Gasteiger charge is -2.18. The van der Waals surface area contributed by atoms with Crippen LogP contribution in [0.1, 0.15) is 175 Å². The van der Waals surface area contributed by atoms with Crippen molar-refractivity contribution >= 4 is 17.9 Å². The number of allylic oxidation sites excluding steroid dienone is 30. The second-order valence-electron chi connectivity index (χ2n) is 16.7. The summed E-state index contributed by atoms with van der Waals surface area (Å²) in [6, 6.07) is 0. The summed E-state index contributed by atoms with van der Waals surface area (Å²) in [4.78, 5) is 38.1. The lowest BCUT2D eigenvalue weighted by atomic mass is 10.1. The molecular weight excluding hydrogens is 853 g/mol. The summed E-state index contributed by atoms with van der Waals surface area (Å²) in [6.07, 6.45) is 82.8. The number of rotatable bonds is 44. The molecule has 0 saturated heterocycles. The van der Waals surface area contributed by atoms with Gasteiger partial charge in [0.05, 0.1) is 0 Å². The van der Waals surface area contributed by atoms with E-state index < -0.39 is 6.10 Å². The standard InChI is InChI=1S/C63H92O6/c1-4-7-10-13-16-19-22-25-28-30-32-35-38-41-44-47-50-53-56-62(65)68-59-60(58-67-61(64)55-52-49-46-43-40-37-34-27-24-21-18-15-12-9-6-3)69-63(66)57-54-51-48-45-42-39-36-33-31-29-26-23-20-17-14-11-8-5-2/h9-37,40,60H,4-8,38-39,41-59H2,1-3H3/b12-9-,13-10-,14-11-,18-15-,19-16-,20-17-,24-21-,25-22-,26-23-,30-28-,31-29-,34-27-,35-32-,36-33-,40-37-. The van der Waals surface area contributed by atoms with Gasteiger partial charge in [0, 0.05) is 19.3 Å². The Labute approximate surface area is 421 Å². The van der Waals surface area contributed by atoms with Crippen LogP contribution < -0.4 is 0 Å². The number of unbranched alkanes of at least 4 members (excludes halogenated alkanes) is 15. The fourth-order valence-corrected chi connectivity index (χ4v) is 6.29. The van der Waals surface area contributed by atoms with E-state index in [0.29, 0.717) is 12.8 Å². The van der Waals surface area contributed by atoms with Crippen LogP contribution in [0.2, 0.25) is 0 Å². The van der Waals surface area contributed by atoms with Crippen molar-refractivity contribution in [3.05, 3.63) is 182 Å². The molecule has 69 heavy (non-hydrogen) atoms. The number of esters is 3. The first kappa shape index (κ1) is 63.5. The zero-order chi connectivity index (χ0) is 50.0. The van der Waals surface area contributed by atoms with Gasteiger partial charge in [0.2, 0.25) is 0 Å². The van der Waals surface area contributed by atoms with E-state index in [1.807, 2.05) is 122 Å². The van der Waals surface area contributed by atoms with Crippen molar-refractivity contribution in [2.75, 3.05) is 13.2 Å². The van der Waals surface area contributed by atoms with Crippen molar-refractivity contribution in [3.63, 3.8) is 0 Å². The number of carbonyl (C=O) groups is 3. The van der Waals surface area contributed by atoms with Gasteiger partial charge in [0.15, 0.2) is 6.10 Å². The average Bonchev–Trinajstić information content (AvgIpc) is 3.35. The van der Waals surface area contributed by atoms with Crippen LogP contribution in [-0.2, 0) is 28.6 Å². The van der Waals surface area contributed by atoms with Gasteiger partial charge >= 0.3 is 17.9 Å². The Balaban J connectivity index is 4.63. The topological polar surface area (TPSA) is 78.9 Å². The van der Waals surface area contributed by atoms with Gasteiger partial charge in [-0.2, -0.15) is 0 Å². The van der Waals surface area contributed by atoms with Gasteiger partial charge < -0.3 is 14.2 Å². The first-order chi connectivity index (χ1) is 34.0. The molecule has 0 aliphatic heterocycles. The van der Waals surface area contributed by atoms with E-state index in [-0.39, 0.29) is 44.0 Å². The summed E-state index contributed by atoms with van der Waals surface area (Å²) in [5.74, 6) is -1.03. The van der Waals surface area contributed by atoms with Crippen molar-refractivity contribution in [3.8, 4) is 0 Å². The Morgan fingerprint density at radius 1 is 0.304 bits per heavy atom. The lowest BCUT2D eigenvalue weighted by Crippen LogP contribution is -2.30. The molecule has 0 aromatic carbocycles. The van der Waals surface area contributed by atoms with Crippen molar-refractivity contribution in [1.82, 2.24) is 0 Å². The maximum atomic E-state index is 12.8. The van der Waals surface area contributed by atoms with Crippen LogP contribution in [-0.4, -0.2) is 37.2 Å². The van der Waals surface area contributed by atoms with Crippen LogP contribution in [0.3, 0.4) is 0 Å². The van der Waals surface area contributed by atoms with E-state index in [2.05, 4.69) is 81.5 Å². The minimum Gasteiger partial charge on any atom is -0.462 e. The number of carbonyl (C=O) groups excluding carboxylic acids is 3. The SMILES string of the molecule is CC\C=C/C=C\C=C/C=C\C=C/CCCCCC(=O)OCC(COC(=O)CCCCCCC\C=C/C=C\C=C/C=C\C=C/CCC)OC(=O)CCCCCCC\C=C/C=C\C=C/C=C\C=C/CCC. The normalized spacial score (nSPS) is 13.6. The van der Waals surface area contributed by atoms with Crippen molar-refractivity contribution in [2.24, 2.45) is 0 Å². The van der Waals surface area contributed by atoms with Gasteiger partial charge in [0.25, 0.3) is 0 Å². The van der Waals surface area contributed by atoms with Gasteiger partial charge in [-0.25, -0.2) is 0 Å². The third-order valence-corrected chi connectivity index (χ3v) is 10.2. The van der Waals surface area contributed by atoms with E-state index >= 15 is 0 Å². The number of ether oxygens (including phenoxy) is 3. The molecule has 0 spiro atoms. The predicted molar refractivity (Wildman–Crippen MR) is 297 cm³/mol. The quantitative estimate of drug-likeness (QED) is 0.0262. The van der Waals surface area contributed by atoms with E-state index in [4.69, 9.17) is 14.2 Å². The predicted octanol–water partition coefficient (Wildman–Crippen LogP) is 17.7. The van der Waals surface area contributed by atoms with Gasteiger partial charge in [-0.05, 0) is 77.0 Å². The highest BCUT2D eigenvalue weighted by atomic mass is 16.6. The van der Waals surface area contributed by atoms with Crippen LogP contribution >= 0.6 is 0 Å². The van der Waals surface area contributed by atoms with Crippen molar-refractivity contribution in [2.45, 2.75) is 181 Å².